The first-order chi connectivity index (χ1) is 13.3. The molecular weight excluding hydrogens is 352 g/mol. The van der Waals surface area contributed by atoms with Crippen molar-refractivity contribution in [2.24, 2.45) is 35.0 Å². The molecule has 0 N–H and O–H groups in total. The molecular formula is C24H32O4. The van der Waals surface area contributed by atoms with Gasteiger partial charge in [0, 0.05) is 19.3 Å². The van der Waals surface area contributed by atoms with E-state index in [-0.39, 0.29) is 23.1 Å². The van der Waals surface area contributed by atoms with Gasteiger partial charge in [-0.1, -0.05) is 17.7 Å². The van der Waals surface area contributed by atoms with Gasteiger partial charge < -0.3 is 4.74 Å². The number of carbonyl (C=O) groups excluding carboxylic acids is 3. The molecule has 3 saturated carbocycles. The number of ether oxygens (including phenoxy) is 1. The molecule has 0 amide bonds. The predicted octanol–water partition coefficient (Wildman–Crippen LogP) is 4.43. The van der Waals surface area contributed by atoms with Gasteiger partial charge in [0.05, 0.1) is 6.61 Å². The minimum absolute atomic E-state index is 0.0983. The van der Waals surface area contributed by atoms with E-state index in [1.807, 2.05) is 6.08 Å². The standard InChI is InChI=1S/C24H32O4/c1-14-12-22-21-6-4-17-13-18(27)5-7-19(17)20(21)8-9-24(22,23(14)15(2)25)10-11-28-16(3)26/h13,19-23H,1,4-12H2,2-3H3/t19-,20+,21+,22-,23+,24+/m0/s1. The van der Waals surface area contributed by atoms with Gasteiger partial charge in [-0.2, -0.15) is 0 Å². The van der Waals surface area contributed by atoms with Gasteiger partial charge in [-0.25, -0.2) is 0 Å². The van der Waals surface area contributed by atoms with Crippen LogP contribution in [0.1, 0.15) is 65.2 Å². The third kappa shape index (κ3) is 3.09. The zero-order chi connectivity index (χ0) is 20.1. The molecule has 6 atom stereocenters. The minimum Gasteiger partial charge on any atom is -0.466 e. The van der Waals surface area contributed by atoms with Crippen LogP contribution in [0.5, 0.6) is 0 Å². The summed E-state index contributed by atoms with van der Waals surface area (Å²) in [7, 11) is 0. The number of ketones is 2. The molecule has 28 heavy (non-hydrogen) atoms. The molecule has 0 unspecified atom stereocenters. The maximum absolute atomic E-state index is 12.6. The van der Waals surface area contributed by atoms with Crippen molar-refractivity contribution in [3.05, 3.63) is 23.8 Å². The summed E-state index contributed by atoms with van der Waals surface area (Å²) in [5.41, 5.74) is 2.36. The lowest BCUT2D eigenvalue weighted by Crippen LogP contribution is -2.49. The quantitative estimate of drug-likeness (QED) is 0.531. The van der Waals surface area contributed by atoms with Crippen LogP contribution in [0.25, 0.3) is 0 Å². The fourth-order valence-electron chi connectivity index (χ4n) is 7.48. The van der Waals surface area contributed by atoms with Gasteiger partial charge in [-0.15, -0.1) is 0 Å². The third-order valence-corrected chi connectivity index (χ3v) is 8.30. The Balaban J connectivity index is 1.64. The SMILES string of the molecule is C=C1C[C@H]2[C@@H]3CCC4=CC(=O)CC[C@@H]4[C@H]3CC[C@]2(CCOC(C)=O)[C@H]1C(C)=O. The Morgan fingerprint density at radius 3 is 2.68 bits per heavy atom. The van der Waals surface area contributed by atoms with Crippen LogP contribution in [0, 0.1) is 35.0 Å². The lowest BCUT2D eigenvalue weighted by Gasteiger charge is -2.54. The maximum Gasteiger partial charge on any atom is 0.302 e. The number of carbonyl (C=O) groups is 3. The third-order valence-electron chi connectivity index (χ3n) is 8.30. The van der Waals surface area contributed by atoms with Gasteiger partial charge in [-0.05, 0) is 87.0 Å². The van der Waals surface area contributed by atoms with E-state index in [0.717, 1.165) is 50.5 Å². The second-order valence-electron chi connectivity index (χ2n) is 9.57. The number of allylic oxidation sites excluding steroid dienone is 2. The molecule has 0 aliphatic heterocycles. The Bertz CT molecular complexity index is 748. The van der Waals surface area contributed by atoms with Crippen molar-refractivity contribution in [1.82, 2.24) is 0 Å². The highest BCUT2D eigenvalue weighted by Gasteiger charge is 2.60. The molecule has 4 nitrogen and oxygen atoms in total. The van der Waals surface area contributed by atoms with Crippen LogP contribution in [-0.2, 0) is 19.1 Å². The molecule has 4 aliphatic carbocycles. The summed E-state index contributed by atoms with van der Waals surface area (Å²) in [4.78, 5) is 35.8. The fourth-order valence-corrected chi connectivity index (χ4v) is 7.48. The zero-order valence-corrected chi connectivity index (χ0v) is 17.2. The molecule has 0 spiro atoms. The average Bonchev–Trinajstić information content (AvgIpc) is 2.93. The Hall–Kier alpha value is -1.71. The normalized spacial score (nSPS) is 39.5. The predicted molar refractivity (Wildman–Crippen MR) is 106 cm³/mol. The van der Waals surface area contributed by atoms with Gasteiger partial charge >= 0.3 is 5.97 Å². The number of esters is 1. The number of hydrogen-bond acceptors (Lipinski definition) is 4. The molecule has 0 aromatic heterocycles. The van der Waals surface area contributed by atoms with E-state index in [1.54, 1.807) is 6.92 Å². The summed E-state index contributed by atoms with van der Waals surface area (Å²) < 4.78 is 5.32. The largest absolute Gasteiger partial charge is 0.466 e. The summed E-state index contributed by atoms with van der Waals surface area (Å²) in [6.07, 6.45) is 9.53. The van der Waals surface area contributed by atoms with E-state index >= 15 is 0 Å². The van der Waals surface area contributed by atoms with Gasteiger partial charge in [0.2, 0.25) is 0 Å². The van der Waals surface area contributed by atoms with Crippen LogP contribution < -0.4 is 0 Å². The highest BCUT2D eigenvalue weighted by molar-refractivity contribution is 5.91. The van der Waals surface area contributed by atoms with Crippen molar-refractivity contribution in [2.75, 3.05) is 6.61 Å². The van der Waals surface area contributed by atoms with Gasteiger partial charge in [0.25, 0.3) is 0 Å². The highest BCUT2D eigenvalue weighted by atomic mass is 16.5. The molecule has 0 aromatic carbocycles. The lowest BCUT2D eigenvalue weighted by molar-refractivity contribution is -0.143. The molecule has 0 bridgehead atoms. The minimum atomic E-state index is -0.253. The monoisotopic (exact) mass is 384 g/mol. The summed E-state index contributed by atoms with van der Waals surface area (Å²) in [6.45, 7) is 7.85. The summed E-state index contributed by atoms with van der Waals surface area (Å²) in [6, 6.07) is 0. The van der Waals surface area contributed by atoms with Crippen LogP contribution in [0.15, 0.2) is 23.8 Å². The smallest absolute Gasteiger partial charge is 0.302 e. The molecule has 0 heterocycles. The van der Waals surface area contributed by atoms with E-state index in [2.05, 4.69) is 6.58 Å². The summed E-state index contributed by atoms with van der Waals surface area (Å²) >= 11 is 0. The van der Waals surface area contributed by atoms with Crippen LogP contribution >= 0.6 is 0 Å². The first-order valence-corrected chi connectivity index (χ1v) is 10.9. The van der Waals surface area contributed by atoms with Crippen LogP contribution in [0.4, 0.5) is 0 Å². The van der Waals surface area contributed by atoms with Crippen LogP contribution in [0.2, 0.25) is 0 Å². The second kappa shape index (κ2) is 7.27. The Morgan fingerprint density at radius 2 is 1.96 bits per heavy atom. The van der Waals surface area contributed by atoms with Gasteiger partial charge in [0.1, 0.15) is 5.78 Å². The Kier molecular flexibility index (Phi) is 5.09. The van der Waals surface area contributed by atoms with Crippen molar-refractivity contribution in [2.45, 2.75) is 65.2 Å². The van der Waals surface area contributed by atoms with Crippen molar-refractivity contribution in [3.8, 4) is 0 Å². The number of Topliss-reactive ketones (excluding diaryl/α,β-unsaturated/α-hetero) is 1. The van der Waals surface area contributed by atoms with Gasteiger partial charge in [0.15, 0.2) is 5.78 Å². The van der Waals surface area contributed by atoms with E-state index in [1.165, 1.54) is 12.5 Å². The van der Waals surface area contributed by atoms with Gasteiger partial charge in [-0.3, -0.25) is 14.4 Å². The second-order valence-corrected chi connectivity index (χ2v) is 9.57. The molecule has 3 fully saturated rings. The number of fused-ring (bicyclic) bond motifs is 5. The number of hydrogen-bond donors (Lipinski definition) is 0. The molecule has 4 aliphatic rings. The van der Waals surface area contributed by atoms with E-state index in [9.17, 15) is 14.4 Å². The van der Waals surface area contributed by atoms with E-state index in [4.69, 9.17) is 4.74 Å². The first-order valence-electron chi connectivity index (χ1n) is 10.9. The fraction of sp³-hybridized carbons (Fsp3) is 0.708. The lowest BCUT2D eigenvalue weighted by atomic mass is 9.50. The molecule has 0 aromatic rings. The van der Waals surface area contributed by atoms with Crippen LogP contribution in [0.3, 0.4) is 0 Å². The van der Waals surface area contributed by atoms with Crippen molar-refractivity contribution in [3.63, 3.8) is 0 Å². The molecule has 4 heteroatoms. The zero-order valence-electron chi connectivity index (χ0n) is 17.2. The molecule has 0 saturated heterocycles. The van der Waals surface area contributed by atoms with Crippen molar-refractivity contribution < 1.29 is 19.1 Å². The summed E-state index contributed by atoms with van der Waals surface area (Å²) in [5.74, 6) is 2.36. The molecule has 4 rings (SSSR count). The highest BCUT2D eigenvalue weighted by Crippen LogP contribution is 2.66. The number of rotatable bonds is 4. The Labute approximate surface area is 167 Å². The topological polar surface area (TPSA) is 60.4 Å². The maximum atomic E-state index is 12.6. The Morgan fingerprint density at radius 1 is 1.18 bits per heavy atom. The molecule has 0 radical (unpaired) electrons. The van der Waals surface area contributed by atoms with E-state index < -0.39 is 0 Å². The van der Waals surface area contributed by atoms with E-state index in [0.29, 0.717) is 42.5 Å². The first kappa shape index (κ1) is 19.6. The summed E-state index contributed by atoms with van der Waals surface area (Å²) in [5, 5.41) is 0. The van der Waals surface area contributed by atoms with Crippen molar-refractivity contribution in [1.29, 1.82) is 0 Å². The van der Waals surface area contributed by atoms with Crippen LogP contribution in [-0.4, -0.2) is 24.1 Å². The average molecular weight is 385 g/mol. The van der Waals surface area contributed by atoms with Crippen molar-refractivity contribution >= 4 is 17.5 Å². The molecule has 152 valence electrons.